The molecule has 370 valence electrons. The second-order valence-electron chi connectivity index (χ2n) is 16.7. The molecule has 15 nitrogen and oxygen atoms in total. The monoisotopic (exact) mass is 994 g/mol. The number of rotatable bonds is 16. The van der Waals surface area contributed by atoms with Crippen molar-refractivity contribution in [1.82, 2.24) is 0 Å². The molecule has 3 heterocycles. The molecule has 3 aliphatic rings. The highest BCUT2D eigenvalue weighted by Gasteiger charge is 2.58. The summed E-state index contributed by atoms with van der Waals surface area (Å²) in [6.45, 7) is 1.26. The molecule has 11 atom stereocenters. The van der Waals surface area contributed by atoms with Crippen LogP contribution in [0.2, 0.25) is 0 Å². The standard InChI is InChI=1S/C56H50O15S/c1-2-72-56-48(69-53(61)39-29-17-7-18-30-39)46(67-51(59)37-25-13-5-14-26-37)44(42(65-56)33-62-49(57)35-21-9-3-10-22-35)71-55-47(68-52(60)38-27-15-6-16-28-38)45(66-50(58)36-23-11-4-12-24-36)43-41(64-55)34-63-54(70-43)40-31-19-8-20-32-40/h3-32,41-48,54-56H,2,33-34H2,1H3/t41?,42?,43-,44-,45?,46?,47?,48?,54?,55-,56+/m1/s1. The average Bonchev–Trinajstić information content (AvgIpc) is 3.43. The van der Waals surface area contributed by atoms with Crippen LogP contribution in [0.3, 0.4) is 0 Å². The Hall–Kier alpha value is -7.18. The molecular formula is C56H50O15S. The minimum atomic E-state index is -1.70. The average molecular weight is 995 g/mol. The smallest absolute Gasteiger partial charge is 0.338 e. The second kappa shape index (κ2) is 23.8. The maximum absolute atomic E-state index is 14.3. The molecule has 0 amide bonds. The van der Waals surface area contributed by atoms with Crippen molar-refractivity contribution in [2.45, 2.75) is 73.8 Å². The molecule has 9 rings (SSSR count). The first-order chi connectivity index (χ1) is 35.2. The van der Waals surface area contributed by atoms with E-state index in [1.807, 2.05) is 37.3 Å². The van der Waals surface area contributed by atoms with Crippen LogP contribution in [-0.4, -0.2) is 109 Å². The van der Waals surface area contributed by atoms with E-state index < -0.39 is 103 Å². The second-order valence-corrected chi connectivity index (χ2v) is 18.1. The third-order valence-electron chi connectivity index (χ3n) is 12.0. The van der Waals surface area contributed by atoms with E-state index in [9.17, 15) is 24.0 Å². The van der Waals surface area contributed by atoms with E-state index in [1.54, 1.807) is 152 Å². The molecule has 6 aromatic carbocycles. The van der Waals surface area contributed by atoms with Crippen LogP contribution in [0, 0.1) is 0 Å². The largest absolute Gasteiger partial charge is 0.459 e. The van der Waals surface area contributed by atoms with Crippen molar-refractivity contribution in [3.05, 3.63) is 215 Å². The fourth-order valence-corrected chi connectivity index (χ4v) is 9.41. The fraction of sp³-hybridized carbons (Fsp3) is 0.268. The lowest BCUT2D eigenvalue weighted by molar-refractivity contribution is -0.375. The Bertz CT molecular complexity index is 2740. The molecule has 6 aromatic rings. The Balaban J connectivity index is 1.15. The van der Waals surface area contributed by atoms with Crippen LogP contribution in [0.15, 0.2) is 182 Å². The van der Waals surface area contributed by atoms with Gasteiger partial charge >= 0.3 is 29.8 Å². The Labute approximate surface area is 419 Å². The predicted molar refractivity (Wildman–Crippen MR) is 260 cm³/mol. The van der Waals surface area contributed by atoms with Gasteiger partial charge in [-0.05, 0) is 66.4 Å². The number of benzene rings is 6. The highest BCUT2D eigenvalue weighted by Crippen LogP contribution is 2.41. The van der Waals surface area contributed by atoms with Crippen LogP contribution >= 0.6 is 11.8 Å². The highest BCUT2D eigenvalue weighted by atomic mass is 32.2. The van der Waals surface area contributed by atoms with Crippen LogP contribution in [0.25, 0.3) is 0 Å². The van der Waals surface area contributed by atoms with E-state index in [4.69, 9.17) is 47.4 Å². The molecule has 3 fully saturated rings. The lowest BCUT2D eigenvalue weighted by Crippen LogP contribution is -2.67. The van der Waals surface area contributed by atoms with Crippen molar-refractivity contribution < 1.29 is 71.3 Å². The molecule has 0 aliphatic carbocycles. The van der Waals surface area contributed by atoms with Gasteiger partial charge in [-0.25, -0.2) is 24.0 Å². The first kappa shape index (κ1) is 49.8. The minimum absolute atomic E-state index is 0.124. The van der Waals surface area contributed by atoms with E-state index in [0.717, 1.165) is 0 Å². The summed E-state index contributed by atoms with van der Waals surface area (Å²) in [6, 6.07) is 50.2. The lowest BCUT2D eigenvalue weighted by atomic mass is 9.95. The number of hydrogen-bond donors (Lipinski definition) is 0. The molecule has 16 heteroatoms. The van der Waals surface area contributed by atoms with Crippen molar-refractivity contribution in [2.24, 2.45) is 0 Å². The number of carbonyl (C=O) groups is 5. The third-order valence-corrected chi connectivity index (χ3v) is 13.0. The van der Waals surface area contributed by atoms with Crippen LogP contribution < -0.4 is 0 Å². The Morgan fingerprint density at radius 3 is 1.36 bits per heavy atom. The third kappa shape index (κ3) is 11.9. The molecule has 7 unspecified atom stereocenters. The van der Waals surface area contributed by atoms with Gasteiger partial charge in [-0.2, -0.15) is 0 Å². The van der Waals surface area contributed by atoms with E-state index in [2.05, 4.69) is 0 Å². The van der Waals surface area contributed by atoms with Crippen molar-refractivity contribution in [3.63, 3.8) is 0 Å². The fourth-order valence-electron chi connectivity index (χ4n) is 8.46. The summed E-state index contributed by atoms with van der Waals surface area (Å²) in [6.07, 6.45) is -13.7. The Morgan fingerprint density at radius 1 is 0.472 bits per heavy atom. The van der Waals surface area contributed by atoms with Crippen LogP contribution in [-0.2, 0) is 47.4 Å². The van der Waals surface area contributed by atoms with Gasteiger partial charge in [0, 0.05) is 5.56 Å². The molecule has 0 saturated carbocycles. The molecule has 3 saturated heterocycles. The van der Waals surface area contributed by atoms with Crippen molar-refractivity contribution in [3.8, 4) is 0 Å². The zero-order valence-electron chi connectivity index (χ0n) is 38.8. The summed E-state index contributed by atoms with van der Waals surface area (Å²) in [4.78, 5) is 70.6. The topological polar surface area (TPSA) is 178 Å². The molecular weight excluding hydrogens is 945 g/mol. The van der Waals surface area contributed by atoms with E-state index in [-0.39, 0.29) is 34.4 Å². The predicted octanol–water partition coefficient (Wildman–Crippen LogP) is 8.45. The quantitative estimate of drug-likeness (QED) is 0.0666. The van der Waals surface area contributed by atoms with E-state index in [0.29, 0.717) is 11.3 Å². The maximum atomic E-state index is 14.3. The minimum Gasteiger partial charge on any atom is -0.459 e. The zero-order valence-corrected chi connectivity index (χ0v) is 39.6. The van der Waals surface area contributed by atoms with Gasteiger partial charge in [-0.1, -0.05) is 128 Å². The molecule has 0 aromatic heterocycles. The first-order valence-corrected chi connectivity index (χ1v) is 24.4. The van der Waals surface area contributed by atoms with Gasteiger partial charge in [-0.15, -0.1) is 11.8 Å². The van der Waals surface area contributed by atoms with Crippen LogP contribution in [0.4, 0.5) is 0 Å². The van der Waals surface area contributed by atoms with Gasteiger partial charge in [0.15, 0.2) is 37.0 Å². The number of hydrogen-bond acceptors (Lipinski definition) is 16. The normalized spacial score (nSPS) is 25.7. The summed E-state index contributed by atoms with van der Waals surface area (Å²) >= 11 is 1.25. The van der Waals surface area contributed by atoms with Crippen molar-refractivity contribution >= 4 is 41.6 Å². The summed E-state index contributed by atoms with van der Waals surface area (Å²) in [5.74, 6) is -3.45. The zero-order chi connectivity index (χ0) is 49.8. The lowest BCUT2D eigenvalue weighted by Gasteiger charge is -2.50. The summed E-state index contributed by atoms with van der Waals surface area (Å²) in [7, 11) is 0. The molecule has 72 heavy (non-hydrogen) atoms. The molecule has 0 radical (unpaired) electrons. The molecule has 3 aliphatic heterocycles. The number of thioether (sulfide) groups is 1. The number of esters is 5. The molecule has 0 bridgehead atoms. The van der Waals surface area contributed by atoms with Crippen LogP contribution in [0.5, 0.6) is 0 Å². The van der Waals surface area contributed by atoms with Gasteiger partial charge in [-0.3, -0.25) is 0 Å². The Morgan fingerprint density at radius 2 is 0.889 bits per heavy atom. The van der Waals surface area contributed by atoms with Gasteiger partial charge in [0.25, 0.3) is 0 Å². The van der Waals surface area contributed by atoms with Gasteiger partial charge in [0.05, 0.1) is 34.4 Å². The van der Waals surface area contributed by atoms with E-state index >= 15 is 0 Å². The maximum Gasteiger partial charge on any atom is 0.338 e. The van der Waals surface area contributed by atoms with Crippen molar-refractivity contribution in [2.75, 3.05) is 19.0 Å². The van der Waals surface area contributed by atoms with Gasteiger partial charge in [0.1, 0.15) is 36.5 Å². The summed E-state index contributed by atoms with van der Waals surface area (Å²) < 4.78 is 64.6. The highest BCUT2D eigenvalue weighted by molar-refractivity contribution is 7.99. The number of carbonyl (C=O) groups excluding carboxylic acids is 5. The Kier molecular flexibility index (Phi) is 16.5. The molecule has 0 N–H and O–H groups in total. The van der Waals surface area contributed by atoms with Gasteiger partial charge in [0.2, 0.25) is 0 Å². The van der Waals surface area contributed by atoms with Crippen molar-refractivity contribution in [1.29, 1.82) is 0 Å². The SMILES string of the molecule is CCS[C@@H]1OC(COC(=O)c2ccccc2)[C@@H](O[C@H]2OC3COC(c4ccccc4)O[C@H]3C(OC(=O)c3ccccc3)C2OC(=O)c2ccccc2)C(OC(=O)c2ccccc2)C1OC(=O)c1ccccc1. The summed E-state index contributed by atoms with van der Waals surface area (Å²) in [5.41, 5.74) is 0.568. The first-order valence-electron chi connectivity index (χ1n) is 23.4. The van der Waals surface area contributed by atoms with Gasteiger partial charge < -0.3 is 47.4 Å². The van der Waals surface area contributed by atoms with Crippen LogP contribution in [0.1, 0.15) is 70.6 Å². The van der Waals surface area contributed by atoms with E-state index in [1.165, 1.54) is 11.8 Å². The molecule has 0 spiro atoms. The number of fused-ring (bicyclic) bond motifs is 1. The number of ether oxygens (including phenoxy) is 10. The summed E-state index contributed by atoms with van der Waals surface area (Å²) in [5, 5.41) is 0.